The number of ether oxygens (including phenoxy) is 1. The molecule has 0 saturated carbocycles. The van der Waals surface area contributed by atoms with E-state index in [2.05, 4.69) is 30.9 Å². The van der Waals surface area contributed by atoms with Crippen LogP contribution in [-0.4, -0.2) is 54.6 Å². The lowest BCUT2D eigenvalue weighted by Crippen LogP contribution is -2.42. The van der Waals surface area contributed by atoms with Gasteiger partial charge in [-0.3, -0.25) is 0 Å². The van der Waals surface area contributed by atoms with E-state index >= 15 is 0 Å². The minimum Gasteiger partial charge on any atom is -0.444 e. The Kier molecular flexibility index (Phi) is 8.97. The molecule has 0 bridgehead atoms. The molecule has 0 radical (unpaired) electrons. The molecule has 0 aliphatic carbocycles. The fourth-order valence-corrected chi connectivity index (χ4v) is 5.65. The second kappa shape index (κ2) is 13.1. The van der Waals surface area contributed by atoms with Crippen LogP contribution in [0, 0.1) is 5.82 Å². The smallest absolute Gasteiger partial charge is 0.410 e. The van der Waals surface area contributed by atoms with Crippen molar-refractivity contribution in [3.05, 3.63) is 100 Å². The highest BCUT2D eigenvalue weighted by Crippen LogP contribution is 2.32. The molecule has 238 valence electrons. The number of fused-ring (bicyclic) bond motifs is 1. The minimum absolute atomic E-state index is 0.0122. The van der Waals surface area contributed by atoms with Gasteiger partial charge in [-0.05, 0) is 87.7 Å². The summed E-state index contributed by atoms with van der Waals surface area (Å²) >= 11 is 12.2. The Morgan fingerprint density at radius 1 is 1.00 bits per heavy atom. The molecular weight excluding hydrogens is 630 g/mol. The summed E-state index contributed by atoms with van der Waals surface area (Å²) in [5, 5.41) is 17.3. The van der Waals surface area contributed by atoms with E-state index in [4.69, 9.17) is 27.9 Å². The molecular formula is C33H33Cl2FN8O2. The second-order valence-electron chi connectivity index (χ2n) is 12.2. The number of rotatable bonds is 7. The standard InChI is InChI=1S/C33H33Cl2FN8O2/c1-33(2,3)46-32(45)43-14-12-24(13-15-43)44-18-29(41-42-44)30(20-4-6-21(34)7-5-20)39-22-9-11-28-25(16-22)31(38-19-37-28)40-23-8-10-27(36)26(35)17-23/h4-11,16-19,24,30,39H,12-15H2,1-3H3,(H,37,38,40). The Morgan fingerprint density at radius 3 is 2.46 bits per heavy atom. The first kappa shape index (κ1) is 31.5. The van der Waals surface area contributed by atoms with Crippen LogP contribution in [0.15, 0.2) is 73.2 Å². The predicted molar refractivity (Wildman–Crippen MR) is 177 cm³/mol. The zero-order valence-corrected chi connectivity index (χ0v) is 27.1. The number of amides is 1. The Morgan fingerprint density at radius 2 is 1.74 bits per heavy atom. The molecule has 6 rings (SSSR count). The van der Waals surface area contributed by atoms with E-state index in [9.17, 15) is 9.18 Å². The Balaban J connectivity index is 1.24. The van der Waals surface area contributed by atoms with Gasteiger partial charge in [0.2, 0.25) is 0 Å². The number of carbonyl (C=O) groups excluding carboxylic acids is 1. The molecule has 3 heterocycles. The van der Waals surface area contributed by atoms with Crippen molar-refractivity contribution in [2.75, 3.05) is 23.7 Å². The van der Waals surface area contributed by atoms with Crippen LogP contribution in [-0.2, 0) is 4.74 Å². The zero-order valence-electron chi connectivity index (χ0n) is 25.5. The molecule has 0 spiro atoms. The van der Waals surface area contributed by atoms with Crippen LogP contribution in [0.2, 0.25) is 10.0 Å². The third kappa shape index (κ3) is 7.32. The van der Waals surface area contributed by atoms with Gasteiger partial charge in [0.05, 0.1) is 28.8 Å². The van der Waals surface area contributed by atoms with E-state index in [-0.39, 0.29) is 23.2 Å². The average Bonchev–Trinajstić information content (AvgIpc) is 3.52. The lowest BCUT2D eigenvalue weighted by molar-refractivity contribution is 0.0184. The van der Waals surface area contributed by atoms with E-state index in [1.807, 2.05) is 74.1 Å². The summed E-state index contributed by atoms with van der Waals surface area (Å²) < 4.78 is 21.2. The number of hydrogen-bond acceptors (Lipinski definition) is 8. The molecule has 1 aliphatic rings. The summed E-state index contributed by atoms with van der Waals surface area (Å²) in [5.74, 6) is 0.0470. The summed E-state index contributed by atoms with van der Waals surface area (Å²) in [6.07, 6.45) is 4.60. The molecule has 1 atom stereocenters. The molecule has 1 aliphatic heterocycles. The second-order valence-corrected chi connectivity index (χ2v) is 13.0. The number of aromatic nitrogens is 5. The molecule has 46 heavy (non-hydrogen) atoms. The monoisotopic (exact) mass is 662 g/mol. The Labute approximate surface area is 275 Å². The molecule has 1 saturated heterocycles. The highest BCUT2D eigenvalue weighted by molar-refractivity contribution is 6.31. The van der Waals surface area contributed by atoms with Gasteiger partial charge in [0.15, 0.2) is 0 Å². The van der Waals surface area contributed by atoms with Gasteiger partial charge >= 0.3 is 6.09 Å². The van der Waals surface area contributed by atoms with Gasteiger partial charge in [-0.25, -0.2) is 23.8 Å². The first-order valence-electron chi connectivity index (χ1n) is 14.9. The molecule has 13 heteroatoms. The van der Waals surface area contributed by atoms with Crippen LogP contribution in [0.1, 0.15) is 57.0 Å². The first-order chi connectivity index (χ1) is 22.0. The van der Waals surface area contributed by atoms with Gasteiger partial charge < -0.3 is 20.3 Å². The van der Waals surface area contributed by atoms with Crippen LogP contribution >= 0.6 is 23.2 Å². The minimum atomic E-state index is -0.536. The van der Waals surface area contributed by atoms with Crippen LogP contribution in [0.25, 0.3) is 10.9 Å². The number of halogens is 3. The van der Waals surface area contributed by atoms with Crippen LogP contribution in [0.4, 0.5) is 26.4 Å². The molecule has 2 N–H and O–H groups in total. The van der Waals surface area contributed by atoms with E-state index in [1.165, 1.54) is 18.5 Å². The Hall–Kier alpha value is -4.48. The summed E-state index contributed by atoms with van der Waals surface area (Å²) in [6.45, 7) is 6.75. The zero-order chi connectivity index (χ0) is 32.4. The summed E-state index contributed by atoms with van der Waals surface area (Å²) in [7, 11) is 0. The highest BCUT2D eigenvalue weighted by Gasteiger charge is 2.29. The fraction of sp³-hybridized carbons (Fsp3) is 0.303. The van der Waals surface area contributed by atoms with Crippen molar-refractivity contribution in [3.8, 4) is 0 Å². The number of nitrogens with one attached hydrogen (secondary N) is 2. The van der Waals surface area contributed by atoms with Gasteiger partial charge in [0.1, 0.15) is 29.3 Å². The van der Waals surface area contributed by atoms with E-state index in [0.717, 1.165) is 40.7 Å². The predicted octanol–water partition coefficient (Wildman–Crippen LogP) is 8.18. The maximum absolute atomic E-state index is 13.7. The molecule has 1 amide bonds. The van der Waals surface area contributed by atoms with Crippen molar-refractivity contribution in [1.29, 1.82) is 0 Å². The molecule has 5 aromatic rings. The molecule has 1 fully saturated rings. The Bertz CT molecular complexity index is 1850. The van der Waals surface area contributed by atoms with Crippen molar-refractivity contribution in [3.63, 3.8) is 0 Å². The largest absolute Gasteiger partial charge is 0.444 e. The van der Waals surface area contributed by atoms with Gasteiger partial charge in [-0.1, -0.05) is 40.5 Å². The summed E-state index contributed by atoms with van der Waals surface area (Å²) in [5.41, 5.74) is 3.24. The van der Waals surface area contributed by atoms with Gasteiger partial charge in [-0.15, -0.1) is 5.10 Å². The van der Waals surface area contributed by atoms with Crippen LogP contribution < -0.4 is 10.6 Å². The number of piperidine rings is 1. The summed E-state index contributed by atoms with van der Waals surface area (Å²) in [4.78, 5) is 23.1. The van der Waals surface area contributed by atoms with Crippen molar-refractivity contribution >= 4 is 57.4 Å². The fourth-order valence-electron chi connectivity index (χ4n) is 5.35. The quantitative estimate of drug-likeness (QED) is 0.179. The molecule has 10 nitrogen and oxygen atoms in total. The average molecular weight is 664 g/mol. The van der Waals surface area contributed by atoms with E-state index in [0.29, 0.717) is 29.6 Å². The number of anilines is 3. The normalized spacial score (nSPS) is 14.7. The SMILES string of the molecule is CC(C)(C)OC(=O)N1CCC(n2cc(C(Nc3ccc4ncnc(Nc5ccc(F)c(Cl)c5)c4c3)c3ccc(Cl)cc3)nn2)CC1. The van der Waals surface area contributed by atoms with E-state index < -0.39 is 11.4 Å². The van der Waals surface area contributed by atoms with Gasteiger partial charge in [-0.2, -0.15) is 0 Å². The molecule has 1 unspecified atom stereocenters. The maximum Gasteiger partial charge on any atom is 0.410 e. The lowest BCUT2D eigenvalue weighted by atomic mass is 10.0. The van der Waals surface area contributed by atoms with E-state index in [1.54, 1.807) is 11.0 Å². The summed E-state index contributed by atoms with van der Waals surface area (Å²) in [6, 6.07) is 17.5. The van der Waals surface area contributed by atoms with Crippen molar-refractivity contribution < 1.29 is 13.9 Å². The van der Waals surface area contributed by atoms with Crippen LogP contribution in [0.5, 0.6) is 0 Å². The number of benzene rings is 3. The number of likely N-dealkylation sites (tertiary alicyclic amines) is 1. The third-order valence-electron chi connectivity index (χ3n) is 7.65. The number of carbonyl (C=O) groups is 1. The van der Waals surface area contributed by atoms with Crippen molar-refractivity contribution in [2.24, 2.45) is 0 Å². The van der Waals surface area contributed by atoms with Crippen molar-refractivity contribution in [2.45, 2.75) is 51.3 Å². The lowest BCUT2D eigenvalue weighted by Gasteiger charge is -2.33. The topological polar surface area (TPSA) is 110 Å². The maximum atomic E-state index is 13.7. The number of nitrogens with zero attached hydrogens (tertiary/aromatic N) is 6. The highest BCUT2D eigenvalue weighted by atomic mass is 35.5. The molecule has 3 aromatic carbocycles. The molecule has 2 aromatic heterocycles. The van der Waals surface area contributed by atoms with Gasteiger partial charge in [0.25, 0.3) is 0 Å². The first-order valence-corrected chi connectivity index (χ1v) is 15.7. The number of hydrogen-bond donors (Lipinski definition) is 2. The third-order valence-corrected chi connectivity index (χ3v) is 8.19. The van der Waals surface area contributed by atoms with Crippen molar-refractivity contribution in [1.82, 2.24) is 29.9 Å². The van der Waals surface area contributed by atoms with Crippen LogP contribution in [0.3, 0.4) is 0 Å². The van der Waals surface area contributed by atoms with Gasteiger partial charge in [0, 0.05) is 34.9 Å².